The van der Waals surface area contributed by atoms with Crippen LogP contribution in [0.3, 0.4) is 0 Å². The normalized spacial score (nSPS) is 22.4. The molecule has 1 atom stereocenters. The Bertz CT molecular complexity index is 901. The van der Waals surface area contributed by atoms with Crippen molar-refractivity contribution < 1.29 is 9.59 Å². The van der Waals surface area contributed by atoms with E-state index < -0.39 is 0 Å². The third-order valence-electron chi connectivity index (χ3n) is 7.43. The summed E-state index contributed by atoms with van der Waals surface area (Å²) in [6.07, 6.45) is 5.51. The molecule has 7 nitrogen and oxygen atoms in total. The van der Waals surface area contributed by atoms with Gasteiger partial charge in [-0.15, -0.1) is 0 Å². The zero-order valence-electron chi connectivity index (χ0n) is 19.3. The number of allylic oxidation sites excluding steroid dienone is 2. The fraction of sp³-hybridized carbons (Fsp3) is 0.667. The van der Waals surface area contributed by atoms with Crippen molar-refractivity contribution in [2.45, 2.75) is 71.8 Å². The van der Waals surface area contributed by atoms with E-state index in [0.717, 1.165) is 81.1 Å². The number of nitrogens with one attached hydrogen (secondary N) is 1. The quantitative estimate of drug-likeness (QED) is 0.752. The van der Waals surface area contributed by atoms with Gasteiger partial charge in [0.1, 0.15) is 11.6 Å². The number of hydrogen-bond acceptors (Lipinski definition) is 5. The van der Waals surface area contributed by atoms with Gasteiger partial charge in [0, 0.05) is 51.0 Å². The van der Waals surface area contributed by atoms with Crippen molar-refractivity contribution >= 4 is 17.6 Å². The number of anilines is 1. The molecule has 31 heavy (non-hydrogen) atoms. The van der Waals surface area contributed by atoms with Crippen LogP contribution >= 0.6 is 0 Å². The molecule has 7 heteroatoms. The van der Waals surface area contributed by atoms with Gasteiger partial charge in [-0.3, -0.25) is 9.59 Å². The predicted octanol–water partition coefficient (Wildman–Crippen LogP) is 3.27. The molecule has 1 aromatic heterocycles. The van der Waals surface area contributed by atoms with Crippen LogP contribution in [-0.4, -0.2) is 58.3 Å². The highest BCUT2D eigenvalue weighted by molar-refractivity contribution is 5.79. The Morgan fingerprint density at radius 1 is 0.968 bits per heavy atom. The van der Waals surface area contributed by atoms with Crippen LogP contribution in [0.25, 0.3) is 0 Å². The minimum absolute atomic E-state index is 0.0895. The van der Waals surface area contributed by atoms with Crippen molar-refractivity contribution in [1.82, 2.24) is 19.8 Å². The number of carbonyl (C=O) groups is 2. The van der Waals surface area contributed by atoms with E-state index in [4.69, 9.17) is 9.97 Å². The number of amides is 2. The van der Waals surface area contributed by atoms with Crippen molar-refractivity contribution in [3.63, 3.8) is 0 Å². The van der Waals surface area contributed by atoms with Crippen LogP contribution in [0.4, 0.5) is 5.82 Å². The lowest BCUT2D eigenvalue weighted by molar-refractivity contribution is -0.137. The second-order valence-corrected chi connectivity index (χ2v) is 9.40. The second kappa shape index (κ2) is 8.97. The van der Waals surface area contributed by atoms with Crippen LogP contribution < -0.4 is 5.32 Å². The van der Waals surface area contributed by atoms with Gasteiger partial charge in [0.25, 0.3) is 0 Å². The highest BCUT2D eigenvalue weighted by Gasteiger charge is 2.32. The van der Waals surface area contributed by atoms with E-state index in [0.29, 0.717) is 12.5 Å². The Labute approximate surface area is 185 Å². The number of nitrogens with zero attached hydrogens (tertiary/aromatic N) is 4. The number of aromatic nitrogens is 2. The lowest BCUT2D eigenvalue weighted by Crippen LogP contribution is -2.42. The van der Waals surface area contributed by atoms with Crippen LogP contribution in [0.1, 0.15) is 75.9 Å². The van der Waals surface area contributed by atoms with E-state index in [1.807, 2.05) is 11.9 Å². The highest BCUT2D eigenvalue weighted by atomic mass is 16.2. The summed E-state index contributed by atoms with van der Waals surface area (Å²) in [7, 11) is 1.90. The van der Waals surface area contributed by atoms with Crippen molar-refractivity contribution in [1.29, 1.82) is 0 Å². The zero-order valence-corrected chi connectivity index (χ0v) is 19.3. The average Bonchev–Trinajstić information content (AvgIpc) is 2.79. The molecule has 4 rings (SSSR count). The van der Waals surface area contributed by atoms with Gasteiger partial charge in [-0.1, -0.05) is 11.1 Å². The molecule has 168 valence electrons. The van der Waals surface area contributed by atoms with Crippen molar-refractivity contribution in [2.24, 2.45) is 5.92 Å². The first kappa shape index (κ1) is 21.8. The third-order valence-corrected chi connectivity index (χ3v) is 7.43. The Hall–Kier alpha value is -2.44. The largest absolute Gasteiger partial charge is 0.373 e. The van der Waals surface area contributed by atoms with Gasteiger partial charge in [0.05, 0.1) is 12.2 Å². The SMILES string of the molecule is CNc1nc(C2CCN(C(=O)C3CCC(C)=C(C)C3)CC2)nc2c1CCN(C(C)=O)C2. The standard InChI is InChI=1S/C24H35N5O2/c1-15-5-6-19(13-16(15)2)24(31)28-10-7-18(8-11-28)22-26-21-14-29(17(3)30)12-9-20(21)23(25-4)27-22/h18-19H,5-14H2,1-4H3,(H,25,26,27). The zero-order chi connectivity index (χ0) is 22.1. The number of piperidine rings is 1. The molecule has 2 amide bonds. The smallest absolute Gasteiger partial charge is 0.226 e. The Morgan fingerprint density at radius 3 is 2.35 bits per heavy atom. The molecule has 1 fully saturated rings. The summed E-state index contributed by atoms with van der Waals surface area (Å²) in [6.45, 7) is 8.79. The lowest BCUT2D eigenvalue weighted by Gasteiger charge is -2.35. The van der Waals surface area contributed by atoms with Gasteiger partial charge < -0.3 is 15.1 Å². The molecule has 1 aliphatic carbocycles. The molecular formula is C24H35N5O2. The third kappa shape index (κ3) is 4.46. The Balaban J connectivity index is 1.44. The van der Waals surface area contributed by atoms with Gasteiger partial charge in [0.15, 0.2) is 0 Å². The molecular weight excluding hydrogens is 390 g/mol. The maximum atomic E-state index is 13.1. The molecule has 3 heterocycles. The molecule has 0 bridgehead atoms. The van der Waals surface area contributed by atoms with E-state index in [9.17, 15) is 9.59 Å². The Kier molecular flexibility index (Phi) is 6.30. The molecule has 0 saturated carbocycles. The molecule has 2 aliphatic heterocycles. The summed E-state index contributed by atoms with van der Waals surface area (Å²) in [5.41, 5.74) is 4.94. The van der Waals surface area contributed by atoms with Crippen LogP contribution in [0.15, 0.2) is 11.1 Å². The number of carbonyl (C=O) groups excluding carboxylic acids is 2. The van der Waals surface area contributed by atoms with E-state index >= 15 is 0 Å². The van der Waals surface area contributed by atoms with E-state index in [1.165, 1.54) is 11.1 Å². The summed E-state index contributed by atoms with van der Waals surface area (Å²) >= 11 is 0. The van der Waals surface area contributed by atoms with E-state index in [2.05, 4.69) is 24.1 Å². The van der Waals surface area contributed by atoms with Gasteiger partial charge >= 0.3 is 0 Å². The van der Waals surface area contributed by atoms with Crippen molar-refractivity contribution in [2.75, 3.05) is 32.0 Å². The molecule has 1 N–H and O–H groups in total. The average molecular weight is 426 g/mol. The maximum Gasteiger partial charge on any atom is 0.226 e. The number of hydrogen-bond donors (Lipinski definition) is 1. The van der Waals surface area contributed by atoms with Crippen molar-refractivity contribution in [3.8, 4) is 0 Å². The highest BCUT2D eigenvalue weighted by Crippen LogP contribution is 2.34. The first-order valence-corrected chi connectivity index (χ1v) is 11.6. The molecule has 1 aromatic rings. The number of likely N-dealkylation sites (tertiary alicyclic amines) is 1. The van der Waals surface area contributed by atoms with Gasteiger partial charge in [0.2, 0.25) is 11.8 Å². The van der Waals surface area contributed by atoms with E-state index in [1.54, 1.807) is 6.92 Å². The minimum Gasteiger partial charge on any atom is -0.373 e. The second-order valence-electron chi connectivity index (χ2n) is 9.40. The van der Waals surface area contributed by atoms with Crippen LogP contribution in [0, 0.1) is 5.92 Å². The predicted molar refractivity (Wildman–Crippen MR) is 121 cm³/mol. The Morgan fingerprint density at radius 2 is 1.71 bits per heavy atom. The fourth-order valence-electron chi connectivity index (χ4n) is 5.18. The molecule has 1 saturated heterocycles. The summed E-state index contributed by atoms with van der Waals surface area (Å²) in [5.74, 6) is 2.56. The van der Waals surface area contributed by atoms with Crippen LogP contribution in [0.5, 0.6) is 0 Å². The molecule has 3 aliphatic rings. The van der Waals surface area contributed by atoms with Gasteiger partial charge in [-0.2, -0.15) is 0 Å². The van der Waals surface area contributed by atoms with Crippen molar-refractivity contribution in [3.05, 3.63) is 28.2 Å². The molecule has 0 spiro atoms. The maximum absolute atomic E-state index is 13.1. The van der Waals surface area contributed by atoms with E-state index in [-0.39, 0.29) is 17.7 Å². The lowest BCUT2D eigenvalue weighted by atomic mass is 9.83. The van der Waals surface area contributed by atoms with Crippen LogP contribution in [-0.2, 0) is 22.6 Å². The summed E-state index contributed by atoms with van der Waals surface area (Å²) < 4.78 is 0. The topological polar surface area (TPSA) is 78.4 Å². The first-order chi connectivity index (χ1) is 14.9. The molecule has 0 radical (unpaired) electrons. The monoisotopic (exact) mass is 425 g/mol. The fourth-order valence-corrected chi connectivity index (χ4v) is 5.18. The summed E-state index contributed by atoms with van der Waals surface area (Å²) in [6, 6.07) is 0. The first-order valence-electron chi connectivity index (χ1n) is 11.6. The number of fused-ring (bicyclic) bond motifs is 1. The number of rotatable bonds is 3. The molecule has 0 aromatic carbocycles. The molecule has 1 unspecified atom stereocenters. The van der Waals surface area contributed by atoms with Crippen LogP contribution in [0.2, 0.25) is 0 Å². The van der Waals surface area contributed by atoms with Gasteiger partial charge in [-0.25, -0.2) is 9.97 Å². The summed E-state index contributed by atoms with van der Waals surface area (Å²) in [5, 5.41) is 3.23. The van der Waals surface area contributed by atoms with Gasteiger partial charge in [-0.05, 0) is 52.4 Å². The summed E-state index contributed by atoms with van der Waals surface area (Å²) in [4.78, 5) is 38.6. The minimum atomic E-state index is 0.0895.